The molecule has 0 aromatic rings. The Bertz CT molecular complexity index is 146. The zero-order chi connectivity index (χ0) is 9.61. The standard InChI is InChI=1S/C7H15NO4/c1-7(8,4-9)5-12-3-2-6(10)11/h9H,2-5,8H2,1H3,(H,10,11). The van der Waals surface area contributed by atoms with Gasteiger partial charge in [-0.05, 0) is 6.92 Å². The lowest BCUT2D eigenvalue weighted by Crippen LogP contribution is -2.45. The zero-order valence-corrected chi connectivity index (χ0v) is 7.12. The van der Waals surface area contributed by atoms with Crippen LogP contribution in [0.25, 0.3) is 0 Å². The van der Waals surface area contributed by atoms with Crippen LogP contribution >= 0.6 is 0 Å². The largest absolute Gasteiger partial charge is 0.481 e. The first-order valence-corrected chi connectivity index (χ1v) is 3.67. The van der Waals surface area contributed by atoms with E-state index >= 15 is 0 Å². The van der Waals surface area contributed by atoms with Crippen molar-refractivity contribution in [1.82, 2.24) is 0 Å². The van der Waals surface area contributed by atoms with Gasteiger partial charge in [-0.3, -0.25) is 4.79 Å². The summed E-state index contributed by atoms with van der Waals surface area (Å²) in [6, 6.07) is 0. The number of aliphatic carboxylic acids is 1. The third-order valence-corrected chi connectivity index (χ3v) is 1.25. The minimum absolute atomic E-state index is 0.0402. The fraction of sp³-hybridized carbons (Fsp3) is 0.857. The van der Waals surface area contributed by atoms with Gasteiger partial charge in [0.25, 0.3) is 0 Å². The Labute approximate surface area is 71.1 Å². The third-order valence-electron chi connectivity index (χ3n) is 1.25. The molecule has 0 heterocycles. The highest BCUT2D eigenvalue weighted by molar-refractivity contribution is 5.66. The molecule has 5 nitrogen and oxygen atoms in total. The van der Waals surface area contributed by atoms with Gasteiger partial charge in [-0.1, -0.05) is 0 Å². The van der Waals surface area contributed by atoms with E-state index in [1.165, 1.54) is 0 Å². The van der Waals surface area contributed by atoms with Crippen molar-refractivity contribution in [2.24, 2.45) is 5.73 Å². The van der Waals surface area contributed by atoms with Gasteiger partial charge in [0, 0.05) is 0 Å². The van der Waals surface area contributed by atoms with Gasteiger partial charge >= 0.3 is 5.97 Å². The smallest absolute Gasteiger partial charge is 0.305 e. The van der Waals surface area contributed by atoms with E-state index < -0.39 is 11.5 Å². The second kappa shape index (κ2) is 5.08. The van der Waals surface area contributed by atoms with Crippen LogP contribution in [0.2, 0.25) is 0 Å². The monoisotopic (exact) mass is 177 g/mol. The molecule has 0 aliphatic carbocycles. The Hall–Kier alpha value is -0.650. The number of ether oxygens (including phenoxy) is 1. The van der Waals surface area contributed by atoms with Crippen LogP contribution in [0.15, 0.2) is 0 Å². The predicted molar refractivity (Wildman–Crippen MR) is 42.8 cm³/mol. The van der Waals surface area contributed by atoms with Gasteiger partial charge in [0.2, 0.25) is 0 Å². The molecule has 0 saturated heterocycles. The van der Waals surface area contributed by atoms with Crippen LogP contribution in [0, 0.1) is 0 Å². The van der Waals surface area contributed by atoms with Crippen molar-refractivity contribution in [2.75, 3.05) is 19.8 Å². The van der Waals surface area contributed by atoms with Crippen LogP contribution in [0.5, 0.6) is 0 Å². The highest BCUT2D eigenvalue weighted by Crippen LogP contribution is 1.98. The van der Waals surface area contributed by atoms with E-state index in [2.05, 4.69) is 0 Å². The summed E-state index contributed by atoms with van der Waals surface area (Å²) in [5.74, 6) is -0.905. The van der Waals surface area contributed by atoms with Crippen molar-refractivity contribution in [2.45, 2.75) is 18.9 Å². The summed E-state index contributed by atoms with van der Waals surface area (Å²) in [4.78, 5) is 10.0. The van der Waals surface area contributed by atoms with Crippen molar-refractivity contribution < 1.29 is 19.7 Å². The molecule has 0 radical (unpaired) electrons. The number of carbonyl (C=O) groups is 1. The lowest BCUT2D eigenvalue weighted by atomic mass is 10.1. The van der Waals surface area contributed by atoms with E-state index in [-0.39, 0.29) is 26.2 Å². The molecule has 0 bridgehead atoms. The molecule has 4 N–H and O–H groups in total. The van der Waals surface area contributed by atoms with Gasteiger partial charge < -0.3 is 20.7 Å². The van der Waals surface area contributed by atoms with E-state index in [1.807, 2.05) is 0 Å². The molecule has 0 fully saturated rings. The molecular formula is C7H15NO4. The zero-order valence-electron chi connectivity index (χ0n) is 7.12. The number of carboxylic acid groups (broad SMARTS) is 1. The Morgan fingerprint density at radius 2 is 2.25 bits per heavy atom. The molecule has 0 rings (SSSR count). The van der Waals surface area contributed by atoms with Gasteiger partial charge in [0.05, 0.1) is 31.8 Å². The maximum Gasteiger partial charge on any atom is 0.305 e. The number of rotatable bonds is 6. The number of aliphatic hydroxyl groups is 1. The minimum atomic E-state index is -0.905. The van der Waals surface area contributed by atoms with E-state index in [0.29, 0.717) is 0 Å². The topological polar surface area (TPSA) is 92.8 Å². The molecule has 72 valence electrons. The van der Waals surface area contributed by atoms with E-state index in [4.69, 9.17) is 20.7 Å². The van der Waals surface area contributed by atoms with Crippen LogP contribution in [0.3, 0.4) is 0 Å². The minimum Gasteiger partial charge on any atom is -0.481 e. The molecule has 0 aromatic heterocycles. The molecule has 0 aliphatic rings. The summed E-state index contributed by atoms with van der Waals surface area (Å²) in [7, 11) is 0. The number of aliphatic hydroxyl groups excluding tert-OH is 1. The molecule has 0 saturated carbocycles. The summed E-state index contributed by atoms with van der Waals surface area (Å²) >= 11 is 0. The summed E-state index contributed by atoms with van der Waals surface area (Å²) in [6.07, 6.45) is -0.0402. The molecule has 0 amide bonds. The van der Waals surface area contributed by atoms with E-state index in [9.17, 15) is 4.79 Å². The van der Waals surface area contributed by atoms with Gasteiger partial charge in [0.1, 0.15) is 0 Å². The summed E-state index contributed by atoms with van der Waals surface area (Å²) in [5, 5.41) is 16.9. The van der Waals surface area contributed by atoms with Gasteiger partial charge in [-0.15, -0.1) is 0 Å². The summed E-state index contributed by atoms with van der Waals surface area (Å²) in [6.45, 7) is 1.74. The van der Waals surface area contributed by atoms with Crippen LogP contribution in [-0.4, -0.2) is 41.5 Å². The lowest BCUT2D eigenvalue weighted by Gasteiger charge is -2.20. The van der Waals surface area contributed by atoms with Gasteiger partial charge in [-0.2, -0.15) is 0 Å². The number of nitrogens with two attached hydrogens (primary N) is 1. The number of carboxylic acids is 1. The van der Waals surface area contributed by atoms with Crippen molar-refractivity contribution in [3.05, 3.63) is 0 Å². The van der Waals surface area contributed by atoms with Crippen LogP contribution in [0.4, 0.5) is 0 Å². The van der Waals surface area contributed by atoms with Gasteiger partial charge in [0.15, 0.2) is 0 Å². The lowest BCUT2D eigenvalue weighted by molar-refractivity contribution is -0.138. The predicted octanol–water partition coefficient (Wildman–Crippen LogP) is -0.813. The van der Waals surface area contributed by atoms with Crippen molar-refractivity contribution in [3.63, 3.8) is 0 Å². The Kier molecular flexibility index (Phi) is 4.80. The first-order chi connectivity index (χ1) is 5.48. The molecule has 0 aromatic carbocycles. The summed E-state index contributed by atoms with van der Waals surface area (Å²) in [5.41, 5.74) is 4.73. The third kappa shape index (κ3) is 6.09. The van der Waals surface area contributed by atoms with E-state index in [0.717, 1.165) is 0 Å². The molecule has 0 spiro atoms. The second-order valence-electron chi connectivity index (χ2n) is 3.01. The maximum atomic E-state index is 10.0. The average Bonchev–Trinajstić information content (AvgIpc) is 1.98. The molecule has 12 heavy (non-hydrogen) atoms. The van der Waals surface area contributed by atoms with E-state index in [1.54, 1.807) is 6.92 Å². The highest BCUT2D eigenvalue weighted by Gasteiger charge is 2.16. The number of hydrogen-bond donors (Lipinski definition) is 3. The molecule has 1 unspecified atom stereocenters. The SMILES string of the molecule is CC(N)(CO)COCCC(=O)O. The Morgan fingerprint density at radius 1 is 1.67 bits per heavy atom. The fourth-order valence-corrected chi connectivity index (χ4v) is 0.510. The van der Waals surface area contributed by atoms with Crippen LogP contribution in [0.1, 0.15) is 13.3 Å². The first-order valence-electron chi connectivity index (χ1n) is 3.67. The first kappa shape index (κ1) is 11.4. The normalized spacial score (nSPS) is 15.6. The highest BCUT2D eigenvalue weighted by atomic mass is 16.5. The average molecular weight is 177 g/mol. The fourth-order valence-electron chi connectivity index (χ4n) is 0.510. The van der Waals surface area contributed by atoms with Crippen molar-refractivity contribution >= 4 is 5.97 Å². The van der Waals surface area contributed by atoms with Crippen molar-refractivity contribution in [1.29, 1.82) is 0 Å². The Morgan fingerprint density at radius 3 is 2.67 bits per heavy atom. The quantitative estimate of drug-likeness (QED) is 0.461. The van der Waals surface area contributed by atoms with Crippen LogP contribution in [-0.2, 0) is 9.53 Å². The van der Waals surface area contributed by atoms with Gasteiger partial charge in [-0.25, -0.2) is 0 Å². The Balaban J connectivity index is 3.37. The molecular weight excluding hydrogens is 162 g/mol. The summed E-state index contributed by atoms with van der Waals surface area (Å²) < 4.78 is 4.93. The second-order valence-corrected chi connectivity index (χ2v) is 3.01. The number of hydrogen-bond acceptors (Lipinski definition) is 4. The van der Waals surface area contributed by atoms with Crippen molar-refractivity contribution in [3.8, 4) is 0 Å². The molecule has 0 aliphatic heterocycles. The maximum absolute atomic E-state index is 10.0. The molecule has 1 atom stereocenters. The van der Waals surface area contributed by atoms with Crippen LogP contribution < -0.4 is 5.73 Å². The molecule has 5 heteroatoms.